The predicted octanol–water partition coefficient (Wildman–Crippen LogP) is 2.53. The SMILES string of the molecule is CC1CN(c2ncc(I)cn2)CCN1C(=O)OC(C)(C)C. The summed E-state index contributed by atoms with van der Waals surface area (Å²) in [4.78, 5) is 24.7. The summed E-state index contributed by atoms with van der Waals surface area (Å²) in [5.74, 6) is 0.714. The van der Waals surface area contributed by atoms with Crippen LogP contribution in [-0.2, 0) is 4.74 Å². The Balaban J connectivity index is 1.99. The van der Waals surface area contributed by atoms with Crippen LogP contribution >= 0.6 is 22.6 Å². The lowest BCUT2D eigenvalue weighted by molar-refractivity contribution is 0.0158. The van der Waals surface area contributed by atoms with E-state index < -0.39 is 5.60 Å². The van der Waals surface area contributed by atoms with Crippen molar-refractivity contribution in [2.75, 3.05) is 24.5 Å². The van der Waals surface area contributed by atoms with Crippen LogP contribution in [0.4, 0.5) is 10.7 Å². The largest absolute Gasteiger partial charge is 0.444 e. The maximum absolute atomic E-state index is 12.2. The van der Waals surface area contributed by atoms with E-state index >= 15 is 0 Å². The predicted molar refractivity (Wildman–Crippen MR) is 89.4 cm³/mol. The summed E-state index contributed by atoms with van der Waals surface area (Å²) in [5, 5.41) is 0. The Morgan fingerprint density at radius 2 is 1.95 bits per heavy atom. The summed E-state index contributed by atoms with van der Waals surface area (Å²) in [7, 11) is 0. The average Bonchev–Trinajstić information content (AvgIpc) is 2.37. The van der Waals surface area contributed by atoms with Crippen LogP contribution in [-0.4, -0.2) is 52.2 Å². The zero-order valence-electron chi connectivity index (χ0n) is 12.8. The highest BCUT2D eigenvalue weighted by molar-refractivity contribution is 14.1. The molecule has 0 aliphatic carbocycles. The summed E-state index contributed by atoms with van der Waals surface area (Å²) < 4.78 is 6.45. The number of carbonyl (C=O) groups is 1. The second-order valence-electron chi connectivity index (χ2n) is 6.17. The van der Waals surface area contributed by atoms with Gasteiger partial charge in [-0.1, -0.05) is 0 Å². The summed E-state index contributed by atoms with van der Waals surface area (Å²) in [5.41, 5.74) is -0.465. The number of rotatable bonds is 1. The van der Waals surface area contributed by atoms with Crippen LogP contribution in [0.2, 0.25) is 0 Å². The molecule has 21 heavy (non-hydrogen) atoms. The monoisotopic (exact) mass is 404 g/mol. The molecule has 1 aromatic rings. The third-order valence-electron chi connectivity index (χ3n) is 3.15. The Kier molecular flexibility index (Phi) is 4.90. The van der Waals surface area contributed by atoms with Gasteiger partial charge in [0.25, 0.3) is 0 Å². The van der Waals surface area contributed by atoms with E-state index in [9.17, 15) is 4.79 Å². The molecule has 0 bridgehead atoms. The molecule has 0 aromatic carbocycles. The molecule has 6 nitrogen and oxygen atoms in total. The van der Waals surface area contributed by atoms with Crippen molar-refractivity contribution in [1.29, 1.82) is 0 Å². The van der Waals surface area contributed by atoms with Gasteiger partial charge in [0.2, 0.25) is 5.95 Å². The lowest BCUT2D eigenvalue weighted by Gasteiger charge is -2.40. The number of halogens is 1. The van der Waals surface area contributed by atoms with Gasteiger partial charge in [-0.2, -0.15) is 0 Å². The third kappa shape index (κ3) is 4.42. The molecule has 0 saturated carbocycles. The Labute approximate surface area is 139 Å². The van der Waals surface area contributed by atoms with Crippen molar-refractivity contribution in [1.82, 2.24) is 14.9 Å². The summed E-state index contributed by atoms with van der Waals surface area (Å²) >= 11 is 2.18. The highest BCUT2D eigenvalue weighted by Gasteiger charge is 2.31. The molecule has 1 saturated heterocycles. The lowest BCUT2D eigenvalue weighted by Crippen LogP contribution is -2.55. The smallest absolute Gasteiger partial charge is 0.410 e. The number of nitrogens with zero attached hydrogens (tertiary/aromatic N) is 4. The van der Waals surface area contributed by atoms with Crippen LogP contribution in [0.15, 0.2) is 12.4 Å². The first-order chi connectivity index (χ1) is 9.76. The Morgan fingerprint density at radius 3 is 2.48 bits per heavy atom. The molecule has 1 aromatic heterocycles. The molecule has 2 rings (SSSR count). The molecule has 7 heteroatoms. The van der Waals surface area contributed by atoms with Crippen molar-refractivity contribution in [2.45, 2.75) is 39.3 Å². The van der Waals surface area contributed by atoms with Gasteiger partial charge in [-0.3, -0.25) is 0 Å². The highest BCUT2D eigenvalue weighted by atomic mass is 127. The maximum atomic E-state index is 12.2. The Hall–Kier alpha value is -1.12. The number of aromatic nitrogens is 2. The molecule has 2 heterocycles. The second-order valence-corrected chi connectivity index (χ2v) is 7.42. The van der Waals surface area contributed by atoms with Crippen molar-refractivity contribution in [3.63, 3.8) is 0 Å². The first-order valence-corrected chi connectivity index (χ1v) is 8.06. The first-order valence-electron chi connectivity index (χ1n) is 6.98. The number of amides is 1. The van der Waals surface area contributed by atoms with Gasteiger partial charge in [-0.25, -0.2) is 14.8 Å². The second kappa shape index (κ2) is 6.33. The molecule has 116 valence electrons. The van der Waals surface area contributed by atoms with E-state index in [0.717, 1.165) is 3.57 Å². The van der Waals surface area contributed by atoms with E-state index in [2.05, 4.69) is 37.5 Å². The van der Waals surface area contributed by atoms with Crippen molar-refractivity contribution < 1.29 is 9.53 Å². The summed E-state index contributed by atoms with van der Waals surface area (Å²) in [6.07, 6.45) is 3.35. The fourth-order valence-corrected chi connectivity index (χ4v) is 2.48. The highest BCUT2D eigenvalue weighted by Crippen LogP contribution is 2.18. The van der Waals surface area contributed by atoms with E-state index in [1.54, 1.807) is 17.3 Å². The van der Waals surface area contributed by atoms with E-state index in [1.807, 2.05) is 27.7 Å². The molecule has 1 atom stereocenters. The number of piperazine rings is 1. The van der Waals surface area contributed by atoms with E-state index in [0.29, 0.717) is 25.6 Å². The summed E-state index contributed by atoms with van der Waals surface area (Å²) in [6, 6.07) is 0.0662. The molecule has 0 spiro atoms. The molecule has 0 N–H and O–H groups in total. The van der Waals surface area contributed by atoms with Crippen LogP contribution in [0.1, 0.15) is 27.7 Å². The molecule has 1 amide bonds. The number of ether oxygens (including phenoxy) is 1. The van der Waals surface area contributed by atoms with E-state index in [-0.39, 0.29) is 12.1 Å². The molecule has 1 unspecified atom stereocenters. The van der Waals surface area contributed by atoms with Gasteiger partial charge in [0, 0.05) is 41.6 Å². The topological polar surface area (TPSA) is 58.6 Å². The van der Waals surface area contributed by atoms with Gasteiger partial charge >= 0.3 is 6.09 Å². The zero-order valence-corrected chi connectivity index (χ0v) is 15.0. The number of hydrogen-bond acceptors (Lipinski definition) is 5. The maximum Gasteiger partial charge on any atom is 0.410 e. The van der Waals surface area contributed by atoms with Gasteiger partial charge in [0.1, 0.15) is 5.60 Å². The van der Waals surface area contributed by atoms with E-state index in [4.69, 9.17) is 4.74 Å². The first kappa shape index (κ1) is 16.3. The minimum absolute atomic E-state index is 0.0662. The van der Waals surface area contributed by atoms with Crippen LogP contribution in [0.25, 0.3) is 0 Å². The molecule has 0 radical (unpaired) electrons. The minimum atomic E-state index is -0.465. The van der Waals surface area contributed by atoms with Gasteiger partial charge in [0.15, 0.2) is 0 Å². The van der Waals surface area contributed by atoms with Crippen LogP contribution in [0.5, 0.6) is 0 Å². The fraction of sp³-hybridized carbons (Fsp3) is 0.643. The standard InChI is InChI=1S/C14H21IN4O2/c1-10-9-18(12-16-7-11(15)8-17-12)5-6-19(10)13(20)21-14(2,3)4/h7-8,10H,5-6,9H2,1-4H3. The van der Waals surface area contributed by atoms with E-state index in [1.165, 1.54) is 0 Å². The van der Waals surface area contributed by atoms with Gasteiger partial charge in [-0.05, 0) is 50.3 Å². The lowest BCUT2D eigenvalue weighted by atomic mass is 10.2. The van der Waals surface area contributed by atoms with Crippen molar-refractivity contribution in [3.05, 3.63) is 16.0 Å². The summed E-state index contributed by atoms with van der Waals surface area (Å²) in [6.45, 7) is 9.69. The van der Waals surface area contributed by atoms with Crippen LogP contribution in [0, 0.1) is 3.57 Å². The Morgan fingerprint density at radius 1 is 1.33 bits per heavy atom. The average molecular weight is 404 g/mol. The van der Waals surface area contributed by atoms with Crippen molar-refractivity contribution in [3.8, 4) is 0 Å². The third-order valence-corrected chi connectivity index (χ3v) is 3.70. The molecular formula is C14H21IN4O2. The van der Waals surface area contributed by atoms with Crippen molar-refractivity contribution >= 4 is 34.6 Å². The van der Waals surface area contributed by atoms with Gasteiger partial charge < -0.3 is 14.5 Å². The number of carbonyl (C=O) groups excluding carboxylic acids is 1. The van der Waals surface area contributed by atoms with Crippen LogP contribution in [0.3, 0.4) is 0 Å². The number of hydrogen-bond donors (Lipinski definition) is 0. The van der Waals surface area contributed by atoms with Crippen LogP contribution < -0.4 is 4.90 Å². The molecular weight excluding hydrogens is 383 g/mol. The number of anilines is 1. The van der Waals surface area contributed by atoms with Gasteiger partial charge in [0.05, 0.1) is 0 Å². The molecule has 1 aliphatic rings. The zero-order chi connectivity index (χ0) is 15.6. The fourth-order valence-electron chi connectivity index (χ4n) is 2.20. The normalized spacial score (nSPS) is 19.6. The molecule has 1 fully saturated rings. The Bertz CT molecular complexity index is 501. The van der Waals surface area contributed by atoms with Gasteiger partial charge in [-0.15, -0.1) is 0 Å². The molecule has 1 aliphatic heterocycles. The van der Waals surface area contributed by atoms with Crippen molar-refractivity contribution in [2.24, 2.45) is 0 Å². The minimum Gasteiger partial charge on any atom is -0.444 e. The quantitative estimate of drug-likeness (QED) is 0.674.